The molecule has 9 nitrogen and oxygen atoms in total. The minimum Gasteiger partial charge on any atom is -0.363 e. The smallest absolute Gasteiger partial charge is 0.276 e. The van der Waals surface area contributed by atoms with Crippen molar-refractivity contribution < 1.29 is 4.79 Å². The molecule has 3 aliphatic heterocycles. The van der Waals surface area contributed by atoms with Crippen LogP contribution in [0.15, 0.2) is 41.9 Å². The molecule has 0 aliphatic carbocycles. The van der Waals surface area contributed by atoms with Crippen LogP contribution < -0.4 is 21.4 Å². The maximum Gasteiger partial charge on any atom is 0.276 e. The number of carbonyl (C=O) groups is 1. The second-order valence-corrected chi connectivity index (χ2v) is 6.72. The highest BCUT2D eigenvalue weighted by Crippen LogP contribution is 2.25. The van der Waals surface area contributed by atoms with Crippen LogP contribution in [0.4, 0.5) is 5.82 Å². The molecule has 3 atom stereocenters. The quantitative estimate of drug-likeness (QED) is 0.540. The molecule has 0 spiro atoms. The number of hydrogen-bond acceptors (Lipinski definition) is 8. The van der Waals surface area contributed by atoms with E-state index < -0.39 is 0 Å². The zero-order valence-corrected chi connectivity index (χ0v) is 14.9. The Hall–Kier alpha value is -2.49. The number of allylic oxidation sites excluding steroid dienone is 1. The largest absolute Gasteiger partial charge is 0.363 e. The summed E-state index contributed by atoms with van der Waals surface area (Å²) in [5.41, 5.74) is 4.87. The number of carbonyl (C=O) groups excluding carboxylic acids is 1. The molecule has 0 saturated carbocycles. The Morgan fingerprint density at radius 2 is 2.19 bits per heavy atom. The lowest BCUT2D eigenvalue weighted by Gasteiger charge is -2.38. The fraction of sp³-hybridized carbons (Fsp3) is 0.471. The average molecular weight is 356 g/mol. The van der Waals surface area contributed by atoms with Crippen molar-refractivity contribution in [3.05, 3.63) is 41.9 Å². The van der Waals surface area contributed by atoms with Gasteiger partial charge in [0.25, 0.3) is 5.91 Å². The van der Waals surface area contributed by atoms with Gasteiger partial charge in [0.15, 0.2) is 5.82 Å². The Kier molecular flexibility index (Phi) is 4.58. The molecule has 1 fully saturated rings. The van der Waals surface area contributed by atoms with Gasteiger partial charge in [-0.25, -0.2) is 5.43 Å². The van der Waals surface area contributed by atoms with Crippen LogP contribution in [-0.4, -0.2) is 64.5 Å². The van der Waals surface area contributed by atoms with Gasteiger partial charge in [-0.05, 0) is 38.6 Å². The Bertz CT molecular complexity index is 734. The van der Waals surface area contributed by atoms with Crippen molar-refractivity contribution in [1.29, 1.82) is 0 Å². The maximum absolute atomic E-state index is 12.8. The van der Waals surface area contributed by atoms with Crippen LogP contribution >= 0.6 is 0 Å². The van der Waals surface area contributed by atoms with Gasteiger partial charge in [0.1, 0.15) is 11.9 Å². The predicted octanol–water partition coefficient (Wildman–Crippen LogP) is -0.428. The normalized spacial score (nSPS) is 28.2. The van der Waals surface area contributed by atoms with Gasteiger partial charge in [-0.3, -0.25) is 14.7 Å². The number of hydrazine groups is 1. The molecule has 9 heteroatoms. The molecule has 4 heterocycles. The number of nitrogens with zero attached hydrogens (tertiary/aromatic N) is 4. The molecule has 1 aromatic rings. The second kappa shape index (κ2) is 7.02. The molecular weight excluding hydrogens is 332 g/mol. The van der Waals surface area contributed by atoms with Gasteiger partial charge in [-0.1, -0.05) is 6.08 Å². The molecule has 4 N–H and O–H groups in total. The number of fused-ring (bicyclic) bond motifs is 1. The lowest BCUT2D eigenvalue weighted by Crippen LogP contribution is -2.58. The van der Waals surface area contributed by atoms with E-state index in [0.717, 1.165) is 25.2 Å². The van der Waals surface area contributed by atoms with E-state index >= 15 is 0 Å². The third-order valence-corrected chi connectivity index (χ3v) is 5.04. The van der Waals surface area contributed by atoms with Crippen LogP contribution in [-0.2, 0) is 4.79 Å². The van der Waals surface area contributed by atoms with Crippen LogP contribution in [0.2, 0.25) is 0 Å². The number of rotatable bonds is 4. The highest BCUT2D eigenvalue weighted by atomic mass is 16.2. The van der Waals surface area contributed by atoms with Crippen molar-refractivity contribution in [2.24, 2.45) is 0 Å². The zero-order valence-electron chi connectivity index (χ0n) is 14.9. The van der Waals surface area contributed by atoms with Crippen LogP contribution in [0.1, 0.15) is 13.3 Å². The molecule has 2 unspecified atom stereocenters. The number of nitrogens with one attached hydrogen (secondary N) is 4. The summed E-state index contributed by atoms with van der Waals surface area (Å²) in [7, 11) is 2.00. The van der Waals surface area contributed by atoms with E-state index in [4.69, 9.17) is 0 Å². The number of likely N-dealkylation sites (N-methyl/N-ethyl adjacent to an activating group) is 1. The maximum atomic E-state index is 12.8. The van der Waals surface area contributed by atoms with Crippen molar-refractivity contribution in [3.63, 3.8) is 0 Å². The second-order valence-electron chi connectivity index (χ2n) is 6.72. The molecule has 3 aliphatic rings. The molecule has 1 aromatic heterocycles. The van der Waals surface area contributed by atoms with Gasteiger partial charge in [-0.15, -0.1) is 5.10 Å². The molecule has 4 rings (SSSR count). The molecular formula is C17H24N8O. The van der Waals surface area contributed by atoms with Crippen molar-refractivity contribution in [3.8, 4) is 0 Å². The van der Waals surface area contributed by atoms with E-state index in [-0.39, 0.29) is 18.2 Å². The summed E-state index contributed by atoms with van der Waals surface area (Å²) in [5, 5.41) is 19.1. The van der Waals surface area contributed by atoms with Crippen molar-refractivity contribution in [1.82, 2.24) is 36.2 Å². The first-order chi connectivity index (χ1) is 12.7. The summed E-state index contributed by atoms with van der Waals surface area (Å²) in [6, 6.07) is 3.97. The zero-order chi connectivity index (χ0) is 18.1. The minimum atomic E-state index is -0.214. The third-order valence-electron chi connectivity index (χ3n) is 5.04. The summed E-state index contributed by atoms with van der Waals surface area (Å²) in [6.45, 7) is 3.90. The predicted molar refractivity (Wildman–Crippen MR) is 97.2 cm³/mol. The monoisotopic (exact) mass is 356 g/mol. The number of amides is 1. The van der Waals surface area contributed by atoms with Crippen LogP contribution in [0.5, 0.6) is 0 Å². The van der Waals surface area contributed by atoms with E-state index in [1.807, 2.05) is 19.0 Å². The summed E-state index contributed by atoms with van der Waals surface area (Å²) < 4.78 is 0. The fourth-order valence-electron chi connectivity index (χ4n) is 3.65. The first kappa shape index (κ1) is 17.0. The lowest BCUT2D eigenvalue weighted by atomic mass is 10.2. The molecule has 26 heavy (non-hydrogen) atoms. The van der Waals surface area contributed by atoms with Gasteiger partial charge in [0, 0.05) is 31.0 Å². The van der Waals surface area contributed by atoms with Gasteiger partial charge < -0.3 is 16.0 Å². The highest BCUT2D eigenvalue weighted by Gasteiger charge is 2.38. The number of hydrogen-bond donors (Lipinski definition) is 4. The summed E-state index contributed by atoms with van der Waals surface area (Å²) in [6.07, 6.45) is 6.94. The van der Waals surface area contributed by atoms with E-state index in [1.165, 1.54) is 0 Å². The van der Waals surface area contributed by atoms with E-state index in [2.05, 4.69) is 48.6 Å². The summed E-state index contributed by atoms with van der Waals surface area (Å²) in [5.74, 6) is 0.218. The average Bonchev–Trinajstić information content (AvgIpc) is 3.25. The topological polar surface area (TPSA) is 97.4 Å². The van der Waals surface area contributed by atoms with Gasteiger partial charge in [0.2, 0.25) is 0 Å². The van der Waals surface area contributed by atoms with Crippen LogP contribution in [0, 0.1) is 0 Å². The summed E-state index contributed by atoms with van der Waals surface area (Å²) in [4.78, 5) is 15.2. The molecule has 1 saturated heterocycles. The Morgan fingerprint density at radius 1 is 1.35 bits per heavy atom. The van der Waals surface area contributed by atoms with Crippen molar-refractivity contribution >= 4 is 11.7 Å². The van der Waals surface area contributed by atoms with E-state index in [9.17, 15) is 4.79 Å². The van der Waals surface area contributed by atoms with Gasteiger partial charge in [-0.2, -0.15) is 5.10 Å². The Morgan fingerprint density at radius 3 is 2.92 bits per heavy atom. The standard InChI is InChI=1S/C17H24N8O/c1-11-16(17(26)21-13-4-3-8-19-22-13)25-14(20-11)5-6-15(23-25)24-9-7-12(10-24)18-2/h3-6,8,12,14-15,18,20,23H,7,9-10H2,1-2H3,(H,21,22,26)/t12-,14?,15?/m0/s1. The minimum absolute atomic E-state index is 0.0663. The van der Waals surface area contributed by atoms with Gasteiger partial charge >= 0.3 is 0 Å². The molecule has 138 valence electrons. The van der Waals surface area contributed by atoms with Crippen LogP contribution in [0.3, 0.4) is 0 Å². The van der Waals surface area contributed by atoms with E-state index in [0.29, 0.717) is 17.6 Å². The van der Waals surface area contributed by atoms with Crippen molar-refractivity contribution in [2.45, 2.75) is 31.7 Å². The number of aromatic nitrogens is 2. The Balaban J connectivity index is 1.48. The highest BCUT2D eigenvalue weighted by molar-refractivity contribution is 6.03. The van der Waals surface area contributed by atoms with Crippen LogP contribution in [0.25, 0.3) is 0 Å². The summed E-state index contributed by atoms with van der Waals surface area (Å²) >= 11 is 0. The number of likely N-dealkylation sites (tertiary alicyclic amines) is 1. The first-order valence-corrected chi connectivity index (χ1v) is 8.87. The number of anilines is 1. The lowest BCUT2D eigenvalue weighted by molar-refractivity contribution is -0.115. The molecule has 0 bridgehead atoms. The SMILES string of the molecule is CN[C@H]1CCN(C2C=CC3NC(C)=C(C(=O)Nc4cccnn4)N3N2)C1. The van der Waals surface area contributed by atoms with Crippen molar-refractivity contribution in [2.75, 3.05) is 25.5 Å². The fourth-order valence-corrected chi connectivity index (χ4v) is 3.65. The molecule has 0 aromatic carbocycles. The van der Waals surface area contributed by atoms with Gasteiger partial charge in [0.05, 0.1) is 6.17 Å². The molecule has 1 amide bonds. The first-order valence-electron chi connectivity index (χ1n) is 8.87. The third kappa shape index (κ3) is 3.16. The molecule has 0 radical (unpaired) electrons. The van der Waals surface area contributed by atoms with E-state index in [1.54, 1.807) is 18.3 Å². The Labute approximate surface area is 152 Å².